The Morgan fingerprint density at radius 1 is 1.10 bits per heavy atom. The molecule has 0 saturated heterocycles. The van der Waals surface area contributed by atoms with Gasteiger partial charge < -0.3 is 10.6 Å². The van der Waals surface area contributed by atoms with Crippen molar-refractivity contribution in [2.45, 2.75) is 13.8 Å². The normalized spacial score (nSPS) is 9.76. The van der Waals surface area contributed by atoms with E-state index in [9.17, 15) is 4.79 Å². The lowest BCUT2D eigenvalue weighted by Gasteiger charge is -2.13. The zero-order chi connectivity index (χ0) is 15.2. The molecule has 0 unspecified atom stereocenters. The molecule has 1 amide bonds. The molecule has 0 aromatic heterocycles. The number of carbonyl (C=O) groups excluding carboxylic acids is 1. The lowest BCUT2D eigenvalue weighted by molar-refractivity contribution is -0.114. The average molecular weight is 279 g/mol. The highest BCUT2D eigenvalue weighted by atomic mass is 16.1. The van der Waals surface area contributed by atoms with Crippen molar-refractivity contribution in [1.82, 2.24) is 0 Å². The molecule has 0 aliphatic carbocycles. The molecule has 0 saturated carbocycles. The number of aryl methyl sites for hydroxylation is 2. The van der Waals surface area contributed by atoms with Crippen molar-refractivity contribution in [3.8, 4) is 6.07 Å². The topological polar surface area (TPSA) is 64.9 Å². The van der Waals surface area contributed by atoms with E-state index in [4.69, 9.17) is 5.26 Å². The lowest BCUT2D eigenvalue weighted by atomic mass is 10.1. The molecule has 2 N–H and O–H groups in total. The van der Waals surface area contributed by atoms with Gasteiger partial charge in [-0.05, 0) is 37.1 Å². The van der Waals surface area contributed by atoms with Gasteiger partial charge in [0.2, 0.25) is 5.91 Å². The summed E-state index contributed by atoms with van der Waals surface area (Å²) < 4.78 is 0. The third-order valence-electron chi connectivity index (χ3n) is 3.23. The van der Waals surface area contributed by atoms with Crippen LogP contribution in [0.4, 0.5) is 11.4 Å². The summed E-state index contributed by atoms with van der Waals surface area (Å²) in [5.41, 5.74) is 4.16. The molecule has 106 valence electrons. The first kappa shape index (κ1) is 14.6. The fourth-order valence-corrected chi connectivity index (χ4v) is 2.15. The number of carbonyl (C=O) groups is 1. The minimum absolute atomic E-state index is 0.158. The molecule has 2 aromatic carbocycles. The fourth-order valence-electron chi connectivity index (χ4n) is 2.15. The Morgan fingerprint density at radius 2 is 1.76 bits per heavy atom. The van der Waals surface area contributed by atoms with Crippen molar-refractivity contribution in [3.63, 3.8) is 0 Å². The summed E-state index contributed by atoms with van der Waals surface area (Å²) in [4.78, 5) is 12.0. The Hall–Kier alpha value is -2.80. The van der Waals surface area contributed by atoms with Crippen molar-refractivity contribution in [3.05, 3.63) is 59.2 Å². The van der Waals surface area contributed by atoms with E-state index in [2.05, 4.69) is 16.7 Å². The zero-order valence-electron chi connectivity index (χ0n) is 12.1. The van der Waals surface area contributed by atoms with Gasteiger partial charge in [0.25, 0.3) is 0 Å². The van der Waals surface area contributed by atoms with Gasteiger partial charge in [0.1, 0.15) is 6.07 Å². The molecule has 0 radical (unpaired) electrons. The van der Waals surface area contributed by atoms with Crippen molar-refractivity contribution >= 4 is 17.3 Å². The summed E-state index contributed by atoms with van der Waals surface area (Å²) in [6, 6.07) is 15.0. The van der Waals surface area contributed by atoms with Gasteiger partial charge in [0.05, 0.1) is 17.8 Å². The van der Waals surface area contributed by atoms with Gasteiger partial charge >= 0.3 is 0 Å². The van der Waals surface area contributed by atoms with Crippen LogP contribution in [0.2, 0.25) is 0 Å². The molecule has 0 heterocycles. The number of anilines is 2. The molecule has 4 heteroatoms. The van der Waals surface area contributed by atoms with Crippen LogP contribution in [-0.2, 0) is 4.79 Å². The van der Waals surface area contributed by atoms with Crippen LogP contribution in [0, 0.1) is 25.2 Å². The molecule has 4 nitrogen and oxygen atoms in total. The quantitative estimate of drug-likeness (QED) is 0.903. The van der Waals surface area contributed by atoms with Gasteiger partial charge in [-0.2, -0.15) is 5.26 Å². The number of nitrogens with one attached hydrogen (secondary N) is 2. The first-order chi connectivity index (χ1) is 10.1. The van der Waals surface area contributed by atoms with Crippen molar-refractivity contribution in [1.29, 1.82) is 5.26 Å². The second kappa shape index (κ2) is 6.58. The highest BCUT2D eigenvalue weighted by Gasteiger charge is 2.07. The maximum absolute atomic E-state index is 12.0. The first-order valence-electron chi connectivity index (χ1n) is 6.71. The second-order valence-corrected chi connectivity index (χ2v) is 4.83. The Balaban J connectivity index is 2.02. The van der Waals surface area contributed by atoms with Gasteiger partial charge in [-0.15, -0.1) is 0 Å². The molecule has 0 atom stereocenters. The molecule has 0 bridgehead atoms. The summed E-state index contributed by atoms with van der Waals surface area (Å²) in [7, 11) is 0. The Labute approximate surface area is 124 Å². The molecule has 0 fully saturated rings. The van der Waals surface area contributed by atoms with Crippen LogP contribution in [-0.4, -0.2) is 12.5 Å². The lowest BCUT2D eigenvalue weighted by Crippen LogP contribution is -2.22. The summed E-state index contributed by atoms with van der Waals surface area (Å²) >= 11 is 0. The van der Waals surface area contributed by atoms with Gasteiger partial charge in [-0.3, -0.25) is 4.79 Å². The monoisotopic (exact) mass is 279 g/mol. The Bertz CT molecular complexity index is 681. The minimum Gasteiger partial charge on any atom is -0.376 e. The molecule has 0 aliphatic heterocycles. The van der Waals surface area contributed by atoms with E-state index in [0.29, 0.717) is 11.3 Å². The highest BCUT2D eigenvalue weighted by Crippen LogP contribution is 2.19. The van der Waals surface area contributed by atoms with E-state index in [0.717, 1.165) is 16.8 Å². The third kappa shape index (κ3) is 3.61. The van der Waals surface area contributed by atoms with Crippen LogP contribution in [0.15, 0.2) is 42.5 Å². The summed E-state index contributed by atoms with van der Waals surface area (Å²) in [6.07, 6.45) is 0. The van der Waals surface area contributed by atoms with Crippen LogP contribution in [0.5, 0.6) is 0 Å². The molecule has 2 rings (SSSR count). The fraction of sp³-hybridized carbons (Fsp3) is 0.176. The largest absolute Gasteiger partial charge is 0.376 e. The zero-order valence-corrected chi connectivity index (χ0v) is 12.1. The smallest absolute Gasteiger partial charge is 0.243 e. The van der Waals surface area contributed by atoms with Crippen LogP contribution in [0.25, 0.3) is 0 Å². The number of hydrogen-bond acceptors (Lipinski definition) is 3. The number of amides is 1. The SMILES string of the molecule is Cc1cccc(C)c1NCC(=O)Nc1ccccc1C#N. The number of rotatable bonds is 4. The number of nitrogens with zero attached hydrogens (tertiary/aromatic N) is 1. The molecule has 0 aliphatic rings. The maximum Gasteiger partial charge on any atom is 0.243 e. The van der Waals surface area contributed by atoms with Crippen molar-refractivity contribution < 1.29 is 4.79 Å². The van der Waals surface area contributed by atoms with E-state index in [1.54, 1.807) is 24.3 Å². The van der Waals surface area contributed by atoms with E-state index in [1.165, 1.54) is 0 Å². The first-order valence-corrected chi connectivity index (χ1v) is 6.71. The van der Waals surface area contributed by atoms with E-state index >= 15 is 0 Å². The van der Waals surface area contributed by atoms with Crippen LogP contribution in [0.1, 0.15) is 16.7 Å². The van der Waals surface area contributed by atoms with E-state index in [1.807, 2.05) is 32.0 Å². The number of para-hydroxylation sites is 2. The number of nitriles is 1. The predicted octanol–water partition coefficient (Wildman–Crippen LogP) is 3.23. The van der Waals surface area contributed by atoms with E-state index < -0.39 is 0 Å². The van der Waals surface area contributed by atoms with Gasteiger partial charge in [-0.25, -0.2) is 0 Å². The van der Waals surface area contributed by atoms with Crippen molar-refractivity contribution in [2.75, 3.05) is 17.2 Å². The molecule has 0 spiro atoms. The minimum atomic E-state index is -0.180. The van der Waals surface area contributed by atoms with Gasteiger partial charge in [-0.1, -0.05) is 30.3 Å². The van der Waals surface area contributed by atoms with Crippen LogP contribution >= 0.6 is 0 Å². The second-order valence-electron chi connectivity index (χ2n) is 4.83. The Morgan fingerprint density at radius 3 is 2.43 bits per heavy atom. The molecule has 2 aromatic rings. The summed E-state index contributed by atoms with van der Waals surface area (Å²) in [5, 5.41) is 14.9. The number of benzene rings is 2. The van der Waals surface area contributed by atoms with Crippen LogP contribution in [0.3, 0.4) is 0 Å². The van der Waals surface area contributed by atoms with Crippen LogP contribution < -0.4 is 10.6 Å². The Kier molecular flexibility index (Phi) is 4.57. The van der Waals surface area contributed by atoms with Gasteiger partial charge in [0, 0.05) is 5.69 Å². The third-order valence-corrected chi connectivity index (χ3v) is 3.23. The highest BCUT2D eigenvalue weighted by molar-refractivity contribution is 5.95. The van der Waals surface area contributed by atoms with Gasteiger partial charge in [0.15, 0.2) is 0 Å². The average Bonchev–Trinajstić information content (AvgIpc) is 2.47. The van der Waals surface area contributed by atoms with Crippen molar-refractivity contribution in [2.24, 2.45) is 0 Å². The predicted molar refractivity (Wildman–Crippen MR) is 84.2 cm³/mol. The number of hydrogen-bond donors (Lipinski definition) is 2. The molecule has 21 heavy (non-hydrogen) atoms. The maximum atomic E-state index is 12.0. The van der Waals surface area contributed by atoms with E-state index in [-0.39, 0.29) is 12.5 Å². The summed E-state index contributed by atoms with van der Waals surface area (Å²) in [5.74, 6) is -0.180. The standard InChI is InChI=1S/C17H17N3O/c1-12-6-5-7-13(2)17(12)19-11-16(21)20-15-9-4-3-8-14(15)10-18/h3-9,19H,11H2,1-2H3,(H,20,21). The molecular weight excluding hydrogens is 262 g/mol. The molecular formula is C17H17N3O. The summed E-state index contributed by atoms with van der Waals surface area (Å²) in [6.45, 7) is 4.15.